The van der Waals surface area contributed by atoms with Crippen LogP contribution in [-0.4, -0.2) is 25.3 Å². The molecule has 0 bridgehead atoms. The van der Waals surface area contributed by atoms with Gasteiger partial charge in [-0.25, -0.2) is 5.06 Å². The van der Waals surface area contributed by atoms with Crippen LogP contribution in [0.1, 0.15) is 62.8 Å². The zero-order valence-electron chi connectivity index (χ0n) is 21.9. The minimum absolute atomic E-state index is 0.130. The van der Waals surface area contributed by atoms with E-state index in [9.17, 15) is 0 Å². The molecule has 4 rings (SSSR count). The first-order valence-corrected chi connectivity index (χ1v) is 12.8. The van der Waals surface area contributed by atoms with Crippen molar-refractivity contribution in [3.8, 4) is 11.5 Å². The number of aromatic nitrogens is 1. The number of anilines is 1. The summed E-state index contributed by atoms with van der Waals surface area (Å²) in [7, 11) is 3.35. The topological polar surface area (TPSA) is 53.1 Å². The number of benzene rings is 2. The maximum absolute atomic E-state index is 6.74. The van der Waals surface area contributed by atoms with Crippen molar-refractivity contribution in [2.45, 2.75) is 70.8 Å². The number of hydroxylamine groups is 1. The van der Waals surface area contributed by atoms with E-state index in [0.717, 1.165) is 48.4 Å². The van der Waals surface area contributed by atoms with Gasteiger partial charge in [0.05, 0.1) is 32.0 Å². The fourth-order valence-corrected chi connectivity index (χ4v) is 5.10. The summed E-state index contributed by atoms with van der Waals surface area (Å²) in [6, 6.07) is 20.8. The molecule has 3 aromatic rings. The Labute approximate surface area is 215 Å². The molecule has 0 saturated heterocycles. The maximum atomic E-state index is 6.74. The summed E-state index contributed by atoms with van der Waals surface area (Å²) in [6.07, 6.45) is 7.33. The van der Waals surface area contributed by atoms with Crippen LogP contribution in [-0.2, 0) is 28.3 Å². The Morgan fingerprint density at radius 3 is 2.25 bits per heavy atom. The molecule has 0 aliphatic heterocycles. The predicted molar refractivity (Wildman–Crippen MR) is 142 cm³/mol. The van der Waals surface area contributed by atoms with Gasteiger partial charge in [-0.15, -0.1) is 0 Å². The average Bonchev–Trinajstić information content (AvgIpc) is 2.90. The number of hydrogen-bond donors (Lipinski definition) is 0. The largest absolute Gasteiger partial charge is 0.492 e. The summed E-state index contributed by atoms with van der Waals surface area (Å²) in [6.45, 7) is 4.89. The molecule has 1 aliphatic rings. The molecule has 2 aromatic carbocycles. The SMILES string of the molecule is COCc1nccc(N(OCc2ccccc2)C2(c3ccc(OC(C)C)cc3)CCCCC2)c1OC. The van der Waals surface area contributed by atoms with Gasteiger partial charge in [0.15, 0.2) is 5.75 Å². The Hall–Kier alpha value is -3.09. The standard InChI is InChI=1S/C30H38N2O4/c1-23(2)36-26-15-13-25(14-16-26)30(18-9-6-10-19-30)32(35-21-24-11-7-5-8-12-24)28-17-20-31-27(22-33-3)29(28)34-4/h5,7-8,11-17,20,23H,6,9-10,18-19,21-22H2,1-4H3. The highest BCUT2D eigenvalue weighted by atomic mass is 16.7. The molecule has 0 spiro atoms. The van der Waals surface area contributed by atoms with Gasteiger partial charge in [0.25, 0.3) is 0 Å². The second-order valence-corrected chi connectivity index (χ2v) is 9.58. The van der Waals surface area contributed by atoms with Crippen molar-refractivity contribution in [3.63, 3.8) is 0 Å². The molecule has 0 atom stereocenters. The number of pyridine rings is 1. The average molecular weight is 491 g/mol. The van der Waals surface area contributed by atoms with Crippen LogP contribution in [0.4, 0.5) is 5.69 Å². The Kier molecular flexibility index (Phi) is 8.83. The Bertz CT molecular complexity index is 1080. The lowest BCUT2D eigenvalue weighted by molar-refractivity contribution is 0.0190. The molecule has 0 unspecified atom stereocenters. The zero-order chi connectivity index (χ0) is 25.4. The molecule has 192 valence electrons. The lowest BCUT2D eigenvalue weighted by atomic mass is 9.76. The van der Waals surface area contributed by atoms with Crippen LogP contribution in [0.5, 0.6) is 11.5 Å². The van der Waals surface area contributed by atoms with E-state index in [0.29, 0.717) is 19.0 Å². The fourth-order valence-electron chi connectivity index (χ4n) is 5.10. The van der Waals surface area contributed by atoms with Crippen molar-refractivity contribution in [2.75, 3.05) is 19.3 Å². The quantitative estimate of drug-likeness (QED) is 0.275. The van der Waals surface area contributed by atoms with Gasteiger partial charge in [-0.05, 0) is 56.0 Å². The third-order valence-electron chi connectivity index (χ3n) is 6.70. The molecular formula is C30H38N2O4. The van der Waals surface area contributed by atoms with Crippen LogP contribution in [0.15, 0.2) is 66.9 Å². The Morgan fingerprint density at radius 1 is 0.889 bits per heavy atom. The second-order valence-electron chi connectivity index (χ2n) is 9.58. The van der Waals surface area contributed by atoms with Crippen LogP contribution in [0.25, 0.3) is 0 Å². The smallest absolute Gasteiger partial charge is 0.168 e. The van der Waals surface area contributed by atoms with Crippen molar-refractivity contribution in [1.82, 2.24) is 4.98 Å². The molecule has 1 saturated carbocycles. The van der Waals surface area contributed by atoms with E-state index in [1.807, 2.05) is 38.1 Å². The molecule has 1 fully saturated rings. The lowest BCUT2D eigenvalue weighted by Crippen LogP contribution is -2.48. The number of nitrogens with zero attached hydrogens (tertiary/aromatic N) is 2. The van der Waals surface area contributed by atoms with E-state index in [1.165, 1.54) is 12.0 Å². The van der Waals surface area contributed by atoms with Crippen LogP contribution in [0.2, 0.25) is 0 Å². The van der Waals surface area contributed by atoms with Crippen molar-refractivity contribution >= 4 is 5.69 Å². The second kappa shape index (κ2) is 12.2. The molecule has 0 N–H and O–H groups in total. The normalized spacial score (nSPS) is 15.0. The summed E-state index contributed by atoms with van der Waals surface area (Å²) < 4.78 is 17.3. The van der Waals surface area contributed by atoms with E-state index >= 15 is 0 Å². The molecule has 0 amide bonds. The van der Waals surface area contributed by atoms with Crippen molar-refractivity contribution in [1.29, 1.82) is 0 Å². The molecular weight excluding hydrogens is 452 g/mol. The highest BCUT2D eigenvalue weighted by Crippen LogP contribution is 2.48. The number of ether oxygens (including phenoxy) is 3. The Balaban J connectivity index is 1.81. The first-order valence-electron chi connectivity index (χ1n) is 12.8. The van der Waals surface area contributed by atoms with Gasteiger partial charge in [-0.3, -0.25) is 9.82 Å². The summed E-state index contributed by atoms with van der Waals surface area (Å²) in [5, 5.41) is 2.09. The zero-order valence-corrected chi connectivity index (χ0v) is 21.9. The van der Waals surface area contributed by atoms with Gasteiger partial charge in [0.2, 0.25) is 0 Å². The monoisotopic (exact) mass is 490 g/mol. The van der Waals surface area contributed by atoms with Crippen molar-refractivity contribution < 1.29 is 19.0 Å². The van der Waals surface area contributed by atoms with Crippen LogP contribution in [0, 0.1) is 0 Å². The summed E-state index contributed by atoms with van der Waals surface area (Å²) in [5.41, 5.74) is 3.57. The molecule has 6 nitrogen and oxygen atoms in total. The van der Waals surface area contributed by atoms with E-state index in [-0.39, 0.29) is 11.6 Å². The first kappa shape index (κ1) is 26.0. The lowest BCUT2D eigenvalue weighted by Gasteiger charge is -2.47. The van der Waals surface area contributed by atoms with Crippen LogP contribution < -0.4 is 14.5 Å². The molecule has 1 heterocycles. The van der Waals surface area contributed by atoms with E-state index in [2.05, 4.69) is 46.4 Å². The van der Waals surface area contributed by atoms with Crippen LogP contribution in [0.3, 0.4) is 0 Å². The van der Waals surface area contributed by atoms with Crippen molar-refractivity contribution in [2.24, 2.45) is 0 Å². The number of methoxy groups -OCH3 is 2. The summed E-state index contributed by atoms with van der Waals surface area (Å²) >= 11 is 0. The van der Waals surface area contributed by atoms with Gasteiger partial charge in [0.1, 0.15) is 17.1 Å². The fraction of sp³-hybridized carbons (Fsp3) is 0.433. The predicted octanol–water partition coefficient (Wildman–Crippen LogP) is 6.82. The highest BCUT2D eigenvalue weighted by Gasteiger charge is 2.42. The minimum atomic E-state index is -0.359. The van der Waals surface area contributed by atoms with E-state index in [1.54, 1.807) is 20.4 Å². The third kappa shape index (κ3) is 5.82. The molecule has 1 aliphatic carbocycles. The molecule has 6 heteroatoms. The molecule has 0 radical (unpaired) electrons. The van der Waals surface area contributed by atoms with Gasteiger partial charge < -0.3 is 14.2 Å². The van der Waals surface area contributed by atoms with Gasteiger partial charge in [-0.1, -0.05) is 61.7 Å². The highest BCUT2D eigenvalue weighted by molar-refractivity contribution is 5.61. The maximum Gasteiger partial charge on any atom is 0.168 e. The Morgan fingerprint density at radius 2 is 1.61 bits per heavy atom. The minimum Gasteiger partial charge on any atom is -0.492 e. The van der Waals surface area contributed by atoms with E-state index < -0.39 is 0 Å². The molecule has 1 aromatic heterocycles. The number of rotatable bonds is 11. The third-order valence-corrected chi connectivity index (χ3v) is 6.70. The van der Waals surface area contributed by atoms with Crippen molar-refractivity contribution in [3.05, 3.63) is 83.7 Å². The molecule has 36 heavy (non-hydrogen) atoms. The van der Waals surface area contributed by atoms with Gasteiger partial charge in [-0.2, -0.15) is 0 Å². The van der Waals surface area contributed by atoms with Gasteiger partial charge in [0, 0.05) is 13.3 Å². The summed E-state index contributed by atoms with van der Waals surface area (Å²) in [4.78, 5) is 11.3. The first-order chi connectivity index (χ1) is 17.6. The van der Waals surface area contributed by atoms with E-state index in [4.69, 9.17) is 19.0 Å². The number of hydrogen-bond acceptors (Lipinski definition) is 6. The van der Waals surface area contributed by atoms with Gasteiger partial charge >= 0.3 is 0 Å². The summed E-state index contributed by atoms with van der Waals surface area (Å²) in [5.74, 6) is 1.55. The van der Waals surface area contributed by atoms with Crippen LogP contribution >= 0.6 is 0 Å².